The van der Waals surface area contributed by atoms with Gasteiger partial charge in [-0.1, -0.05) is 6.92 Å². The van der Waals surface area contributed by atoms with Gasteiger partial charge in [0.1, 0.15) is 5.75 Å². The Bertz CT molecular complexity index is 493. The normalized spacial score (nSPS) is 13.7. The number of aliphatic hydroxyl groups is 2. The van der Waals surface area contributed by atoms with Gasteiger partial charge in [0.25, 0.3) is 0 Å². The molecule has 0 aliphatic carbocycles. The molecule has 0 fully saturated rings. The van der Waals surface area contributed by atoms with E-state index in [9.17, 15) is 15.3 Å². The molecule has 0 spiro atoms. The first-order valence-electron chi connectivity index (χ1n) is 9.01. The zero-order valence-corrected chi connectivity index (χ0v) is 15.9. The Morgan fingerprint density at radius 1 is 0.960 bits per heavy atom. The Labute approximate surface area is 151 Å². The van der Waals surface area contributed by atoms with Crippen LogP contribution in [0.3, 0.4) is 0 Å². The summed E-state index contributed by atoms with van der Waals surface area (Å²) in [7, 11) is 0. The zero-order valence-electron chi connectivity index (χ0n) is 15.9. The number of aromatic hydroxyl groups is 1. The van der Waals surface area contributed by atoms with Crippen molar-refractivity contribution >= 4 is 5.69 Å². The molecule has 1 aromatic rings. The average molecular weight is 355 g/mol. The molecule has 2 unspecified atom stereocenters. The lowest BCUT2D eigenvalue weighted by Crippen LogP contribution is -2.41. The molecule has 0 heterocycles. The molecule has 25 heavy (non-hydrogen) atoms. The molecule has 6 heteroatoms. The Balaban J connectivity index is 2.98. The van der Waals surface area contributed by atoms with Gasteiger partial charge in [0, 0.05) is 32.0 Å². The van der Waals surface area contributed by atoms with Crippen LogP contribution in [0.25, 0.3) is 0 Å². The summed E-state index contributed by atoms with van der Waals surface area (Å²) in [6.45, 7) is 9.83. The molecule has 0 amide bonds. The van der Waals surface area contributed by atoms with Crippen molar-refractivity contribution in [2.75, 3.05) is 44.4 Å². The van der Waals surface area contributed by atoms with E-state index in [-0.39, 0.29) is 13.2 Å². The van der Waals surface area contributed by atoms with Crippen LogP contribution in [-0.4, -0.2) is 67.0 Å². The summed E-state index contributed by atoms with van der Waals surface area (Å²) in [6.07, 6.45) is -0.631. The van der Waals surface area contributed by atoms with Gasteiger partial charge < -0.3 is 29.7 Å². The Morgan fingerprint density at radius 2 is 1.48 bits per heavy atom. The first-order chi connectivity index (χ1) is 11.9. The van der Waals surface area contributed by atoms with Crippen molar-refractivity contribution < 1.29 is 24.8 Å². The molecule has 3 N–H and O–H groups in total. The number of ether oxygens (including phenoxy) is 2. The van der Waals surface area contributed by atoms with Gasteiger partial charge in [0.15, 0.2) is 0 Å². The predicted molar refractivity (Wildman–Crippen MR) is 99.4 cm³/mol. The summed E-state index contributed by atoms with van der Waals surface area (Å²) in [5, 5.41) is 30.6. The average Bonchev–Trinajstić information content (AvgIpc) is 2.59. The van der Waals surface area contributed by atoms with E-state index in [1.807, 2.05) is 44.7 Å². The van der Waals surface area contributed by atoms with E-state index in [1.165, 1.54) is 0 Å². The summed E-state index contributed by atoms with van der Waals surface area (Å²) in [4.78, 5) is 1.92. The molecular weight excluding hydrogens is 322 g/mol. The van der Waals surface area contributed by atoms with Crippen LogP contribution in [0.2, 0.25) is 0 Å². The summed E-state index contributed by atoms with van der Waals surface area (Å²) < 4.78 is 10.6. The maximum Gasteiger partial charge on any atom is 0.121 e. The Morgan fingerprint density at radius 3 is 1.92 bits per heavy atom. The number of phenols is 1. The molecule has 0 radical (unpaired) electrons. The van der Waals surface area contributed by atoms with Gasteiger partial charge in [-0.3, -0.25) is 0 Å². The number of aliphatic hydroxyl groups excluding tert-OH is 2. The SMILES string of the molecule is CCOCC(O)CN(CC(O)COCC)c1cc(C)c(O)c(CC)c1. The largest absolute Gasteiger partial charge is 0.507 e. The number of hydrogen-bond donors (Lipinski definition) is 3. The van der Waals surface area contributed by atoms with Crippen LogP contribution in [0.15, 0.2) is 12.1 Å². The molecule has 144 valence electrons. The summed E-state index contributed by atoms with van der Waals surface area (Å²) in [5.74, 6) is 0.302. The van der Waals surface area contributed by atoms with Crippen LogP contribution in [0.4, 0.5) is 5.69 Å². The van der Waals surface area contributed by atoms with E-state index in [1.54, 1.807) is 0 Å². The number of nitrogens with zero attached hydrogens (tertiary/aromatic N) is 1. The summed E-state index contributed by atoms with van der Waals surface area (Å²) in [5.41, 5.74) is 2.48. The van der Waals surface area contributed by atoms with Crippen molar-refractivity contribution in [2.24, 2.45) is 0 Å². The van der Waals surface area contributed by atoms with E-state index in [0.717, 1.165) is 16.8 Å². The number of rotatable bonds is 12. The first kappa shape index (κ1) is 21.7. The van der Waals surface area contributed by atoms with Crippen LogP contribution in [0, 0.1) is 6.92 Å². The third-order valence-corrected chi connectivity index (χ3v) is 4.00. The molecule has 2 atom stereocenters. The second kappa shape index (κ2) is 11.3. The maximum atomic E-state index is 10.2. The van der Waals surface area contributed by atoms with Crippen molar-refractivity contribution in [1.29, 1.82) is 0 Å². The highest BCUT2D eigenvalue weighted by molar-refractivity contribution is 5.57. The third kappa shape index (κ3) is 7.20. The molecule has 1 rings (SSSR count). The quantitative estimate of drug-likeness (QED) is 0.531. The predicted octanol–water partition coefficient (Wildman–Crippen LogP) is 1.86. The highest BCUT2D eigenvalue weighted by atomic mass is 16.5. The second-order valence-corrected chi connectivity index (χ2v) is 6.16. The Kier molecular flexibility index (Phi) is 9.82. The van der Waals surface area contributed by atoms with E-state index in [4.69, 9.17) is 9.47 Å². The minimum Gasteiger partial charge on any atom is -0.507 e. The van der Waals surface area contributed by atoms with Gasteiger partial charge >= 0.3 is 0 Å². The molecule has 0 aromatic heterocycles. The van der Waals surface area contributed by atoms with Crippen molar-refractivity contribution in [3.05, 3.63) is 23.3 Å². The van der Waals surface area contributed by atoms with E-state index in [0.29, 0.717) is 38.5 Å². The molecule has 6 nitrogen and oxygen atoms in total. The molecular formula is C19H33NO5. The van der Waals surface area contributed by atoms with Gasteiger partial charge in [-0.15, -0.1) is 0 Å². The van der Waals surface area contributed by atoms with Crippen LogP contribution in [0.5, 0.6) is 5.75 Å². The summed E-state index contributed by atoms with van der Waals surface area (Å²) >= 11 is 0. The monoisotopic (exact) mass is 355 g/mol. The highest BCUT2D eigenvalue weighted by Gasteiger charge is 2.18. The fourth-order valence-corrected chi connectivity index (χ4v) is 2.69. The smallest absolute Gasteiger partial charge is 0.121 e. The van der Waals surface area contributed by atoms with Gasteiger partial charge in [-0.25, -0.2) is 0 Å². The van der Waals surface area contributed by atoms with Crippen molar-refractivity contribution in [2.45, 2.75) is 46.3 Å². The maximum absolute atomic E-state index is 10.2. The van der Waals surface area contributed by atoms with Gasteiger partial charge in [-0.05, 0) is 50.5 Å². The van der Waals surface area contributed by atoms with Crippen molar-refractivity contribution in [3.63, 3.8) is 0 Å². The van der Waals surface area contributed by atoms with Crippen molar-refractivity contribution in [3.8, 4) is 5.75 Å². The van der Waals surface area contributed by atoms with E-state index >= 15 is 0 Å². The fraction of sp³-hybridized carbons (Fsp3) is 0.684. The summed E-state index contributed by atoms with van der Waals surface area (Å²) in [6, 6.07) is 3.78. The lowest BCUT2D eigenvalue weighted by molar-refractivity contribution is 0.0353. The topological polar surface area (TPSA) is 82.4 Å². The van der Waals surface area contributed by atoms with E-state index in [2.05, 4.69) is 0 Å². The zero-order chi connectivity index (χ0) is 18.8. The number of aryl methyl sites for hydroxylation is 2. The van der Waals surface area contributed by atoms with Crippen LogP contribution < -0.4 is 4.90 Å². The highest BCUT2D eigenvalue weighted by Crippen LogP contribution is 2.29. The second-order valence-electron chi connectivity index (χ2n) is 6.16. The number of benzene rings is 1. The third-order valence-electron chi connectivity index (χ3n) is 4.00. The number of anilines is 1. The lowest BCUT2D eigenvalue weighted by atomic mass is 10.0. The molecule has 0 bridgehead atoms. The van der Waals surface area contributed by atoms with Crippen LogP contribution >= 0.6 is 0 Å². The molecule has 0 saturated carbocycles. The van der Waals surface area contributed by atoms with Gasteiger partial charge in [-0.2, -0.15) is 0 Å². The molecule has 0 aliphatic rings. The van der Waals surface area contributed by atoms with Crippen LogP contribution in [-0.2, 0) is 15.9 Å². The molecule has 0 aliphatic heterocycles. The standard InChI is InChI=1S/C19H33NO5/c1-5-15-9-16(8-14(4)19(15)23)20(10-17(21)12-24-6-2)11-18(22)13-25-7-3/h8-9,17-18,21-23H,5-7,10-13H2,1-4H3. The Hall–Kier alpha value is -1.34. The minimum atomic E-state index is -0.668. The lowest BCUT2D eigenvalue weighted by Gasteiger charge is -2.30. The van der Waals surface area contributed by atoms with Crippen LogP contribution in [0.1, 0.15) is 31.9 Å². The van der Waals surface area contributed by atoms with E-state index < -0.39 is 12.2 Å². The molecule has 1 aromatic carbocycles. The minimum absolute atomic E-state index is 0.242. The number of hydrogen-bond acceptors (Lipinski definition) is 6. The van der Waals surface area contributed by atoms with Gasteiger partial charge in [0.2, 0.25) is 0 Å². The fourth-order valence-electron chi connectivity index (χ4n) is 2.69. The van der Waals surface area contributed by atoms with Crippen molar-refractivity contribution in [1.82, 2.24) is 0 Å². The first-order valence-corrected chi connectivity index (χ1v) is 9.01. The van der Waals surface area contributed by atoms with Gasteiger partial charge in [0.05, 0.1) is 25.4 Å². The molecule has 0 saturated heterocycles. The number of phenolic OH excluding ortho intramolecular Hbond substituents is 1.